The van der Waals surface area contributed by atoms with Crippen molar-refractivity contribution in [2.45, 2.75) is 92.9 Å². The Hall–Kier alpha value is -1.27. The molecule has 27 heavy (non-hydrogen) atoms. The SMILES string of the molecule is CCC(C)(C)CC(C(=O)OC(C)(C)CC(=O)OCC(F)(F)F)C(C)(C)CC. The van der Waals surface area contributed by atoms with Gasteiger partial charge in [-0.1, -0.05) is 54.4 Å². The zero-order chi connectivity index (χ0) is 21.7. The Morgan fingerprint density at radius 3 is 1.85 bits per heavy atom. The smallest absolute Gasteiger partial charge is 0.422 e. The number of alkyl halides is 3. The monoisotopic (exact) mass is 396 g/mol. The van der Waals surface area contributed by atoms with Gasteiger partial charge in [0, 0.05) is 0 Å². The quantitative estimate of drug-likeness (QED) is 0.446. The molecule has 0 aliphatic heterocycles. The first-order valence-electron chi connectivity index (χ1n) is 9.40. The predicted octanol–water partition coefficient (Wildman–Crippen LogP) is 5.68. The normalized spacial score (nSPS) is 14.6. The lowest BCUT2D eigenvalue weighted by atomic mass is 9.68. The standard InChI is InChI=1S/C20H35F3O4/c1-9-17(3,4)11-14(18(5,6)10-2)16(25)27-19(7,8)12-15(24)26-13-20(21,22)23/h14H,9-13H2,1-8H3. The molecule has 0 aliphatic carbocycles. The Labute approximate surface area is 161 Å². The molecule has 1 atom stereocenters. The Kier molecular flexibility index (Phi) is 8.85. The van der Waals surface area contributed by atoms with Crippen molar-refractivity contribution in [2.75, 3.05) is 6.61 Å². The largest absolute Gasteiger partial charge is 0.459 e. The lowest BCUT2D eigenvalue weighted by molar-refractivity contribution is -0.191. The van der Waals surface area contributed by atoms with E-state index in [0.717, 1.165) is 12.8 Å². The van der Waals surface area contributed by atoms with E-state index in [1.165, 1.54) is 13.8 Å². The molecule has 1 unspecified atom stereocenters. The van der Waals surface area contributed by atoms with Crippen LogP contribution in [0.4, 0.5) is 13.2 Å². The maximum atomic E-state index is 12.9. The lowest BCUT2D eigenvalue weighted by Crippen LogP contribution is -2.41. The van der Waals surface area contributed by atoms with Crippen LogP contribution in [0.5, 0.6) is 0 Å². The second kappa shape index (κ2) is 9.28. The molecule has 0 bridgehead atoms. The third kappa shape index (κ3) is 10.0. The minimum atomic E-state index is -4.58. The lowest BCUT2D eigenvalue weighted by Gasteiger charge is -2.38. The summed E-state index contributed by atoms with van der Waals surface area (Å²) in [5.41, 5.74) is -1.62. The molecule has 0 aromatic carbocycles. The zero-order valence-corrected chi connectivity index (χ0v) is 17.9. The molecule has 0 aromatic rings. The van der Waals surface area contributed by atoms with E-state index < -0.39 is 36.7 Å². The summed E-state index contributed by atoms with van der Waals surface area (Å²) < 4.78 is 46.3. The summed E-state index contributed by atoms with van der Waals surface area (Å²) in [6, 6.07) is 0. The number of hydrogen-bond acceptors (Lipinski definition) is 4. The van der Waals surface area contributed by atoms with Gasteiger partial charge in [-0.3, -0.25) is 9.59 Å². The van der Waals surface area contributed by atoms with Crippen molar-refractivity contribution < 1.29 is 32.2 Å². The number of ether oxygens (including phenoxy) is 2. The van der Waals surface area contributed by atoms with Crippen LogP contribution in [0.1, 0.15) is 81.1 Å². The van der Waals surface area contributed by atoms with Crippen molar-refractivity contribution in [3.8, 4) is 0 Å². The molecule has 4 nitrogen and oxygen atoms in total. The van der Waals surface area contributed by atoms with Crippen LogP contribution in [0.2, 0.25) is 0 Å². The van der Waals surface area contributed by atoms with Crippen LogP contribution in [0.25, 0.3) is 0 Å². The Balaban J connectivity index is 5.15. The van der Waals surface area contributed by atoms with Gasteiger partial charge in [-0.2, -0.15) is 13.2 Å². The molecule has 160 valence electrons. The van der Waals surface area contributed by atoms with E-state index in [1.807, 2.05) is 20.8 Å². The van der Waals surface area contributed by atoms with E-state index >= 15 is 0 Å². The molecule has 0 aliphatic rings. The van der Waals surface area contributed by atoms with E-state index in [2.05, 4.69) is 25.5 Å². The van der Waals surface area contributed by atoms with Crippen LogP contribution in [0.15, 0.2) is 0 Å². The van der Waals surface area contributed by atoms with Crippen LogP contribution in [0.3, 0.4) is 0 Å². The van der Waals surface area contributed by atoms with Crippen LogP contribution in [0, 0.1) is 16.7 Å². The fourth-order valence-corrected chi connectivity index (χ4v) is 2.56. The summed E-state index contributed by atoms with van der Waals surface area (Å²) in [4.78, 5) is 24.6. The Bertz CT molecular complexity index is 508. The second-order valence-corrected chi connectivity index (χ2v) is 9.25. The molecule has 0 saturated carbocycles. The first-order chi connectivity index (χ1) is 11.9. The minimum Gasteiger partial charge on any atom is -0.459 e. The Morgan fingerprint density at radius 1 is 0.926 bits per heavy atom. The second-order valence-electron chi connectivity index (χ2n) is 9.25. The average Bonchev–Trinajstić information content (AvgIpc) is 2.49. The molecule has 0 saturated heterocycles. The van der Waals surface area contributed by atoms with Crippen molar-refractivity contribution >= 4 is 11.9 Å². The molecule has 0 radical (unpaired) electrons. The Morgan fingerprint density at radius 2 is 1.44 bits per heavy atom. The van der Waals surface area contributed by atoms with Crippen LogP contribution in [-0.4, -0.2) is 30.3 Å². The number of hydrogen-bond donors (Lipinski definition) is 0. The molecular formula is C20H35F3O4. The number of carbonyl (C=O) groups excluding carboxylic acids is 2. The van der Waals surface area contributed by atoms with Gasteiger partial charge in [-0.05, 0) is 31.1 Å². The summed E-state index contributed by atoms with van der Waals surface area (Å²) in [6.07, 6.45) is -2.74. The van der Waals surface area contributed by atoms with Crippen molar-refractivity contribution in [1.82, 2.24) is 0 Å². The zero-order valence-electron chi connectivity index (χ0n) is 17.9. The summed E-state index contributed by atoms with van der Waals surface area (Å²) in [5, 5.41) is 0. The van der Waals surface area contributed by atoms with E-state index in [1.54, 1.807) is 0 Å². The highest BCUT2D eigenvalue weighted by atomic mass is 19.4. The molecule has 0 aromatic heterocycles. The van der Waals surface area contributed by atoms with Gasteiger partial charge in [0.2, 0.25) is 0 Å². The van der Waals surface area contributed by atoms with Crippen molar-refractivity contribution in [2.24, 2.45) is 16.7 Å². The van der Waals surface area contributed by atoms with Crippen molar-refractivity contribution in [3.05, 3.63) is 0 Å². The number of rotatable bonds is 10. The fourth-order valence-electron chi connectivity index (χ4n) is 2.56. The number of carbonyl (C=O) groups is 2. The van der Waals surface area contributed by atoms with Crippen LogP contribution < -0.4 is 0 Å². The van der Waals surface area contributed by atoms with Gasteiger partial charge in [0.05, 0.1) is 12.3 Å². The van der Waals surface area contributed by atoms with Crippen LogP contribution in [-0.2, 0) is 19.1 Å². The van der Waals surface area contributed by atoms with Gasteiger partial charge >= 0.3 is 18.1 Å². The van der Waals surface area contributed by atoms with Crippen molar-refractivity contribution in [1.29, 1.82) is 0 Å². The summed E-state index contributed by atoms with van der Waals surface area (Å²) in [6.45, 7) is 13.6. The van der Waals surface area contributed by atoms with Gasteiger partial charge in [0.1, 0.15) is 5.60 Å². The molecule has 0 fully saturated rings. The molecule has 0 heterocycles. The van der Waals surface area contributed by atoms with Gasteiger partial charge in [0.15, 0.2) is 6.61 Å². The summed E-state index contributed by atoms with van der Waals surface area (Å²) in [7, 11) is 0. The van der Waals surface area contributed by atoms with Gasteiger partial charge in [-0.25, -0.2) is 0 Å². The van der Waals surface area contributed by atoms with Crippen LogP contribution >= 0.6 is 0 Å². The number of esters is 2. The van der Waals surface area contributed by atoms with Gasteiger partial charge in [-0.15, -0.1) is 0 Å². The van der Waals surface area contributed by atoms with E-state index in [9.17, 15) is 22.8 Å². The first-order valence-corrected chi connectivity index (χ1v) is 9.40. The third-order valence-electron chi connectivity index (χ3n) is 5.20. The van der Waals surface area contributed by atoms with E-state index in [-0.39, 0.29) is 16.7 Å². The third-order valence-corrected chi connectivity index (χ3v) is 5.20. The molecule has 0 N–H and O–H groups in total. The van der Waals surface area contributed by atoms with E-state index in [4.69, 9.17) is 4.74 Å². The van der Waals surface area contributed by atoms with Gasteiger partial charge < -0.3 is 9.47 Å². The van der Waals surface area contributed by atoms with Gasteiger partial charge in [0.25, 0.3) is 0 Å². The average molecular weight is 396 g/mol. The maximum Gasteiger partial charge on any atom is 0.422 e. The molecule has 7 heteroatoms. The first kappa shape index (κ1) is 25.7. The predicted molar refractivity (Wildman–Crippen MR) is 98.1 cm³/mol. The highest BCUT2D eigenvalue weighted by Crippen LogP contribution is 2.41. The maximum absolute atomic E-state index is 12.9. The fraction of sp³-hybridized carbons (Fsp3) is 0.900. The highest BCUT2D eigenvalue weighted by molar-refractivity contribution is 5.75. The van der Waals surface area contributed by atoms with E-state index in [0.29, 0.717) is 6.42 Å². The minimum absolute atomic E-state index is 0.0636. The molecule has 0 rings (SSSR count). The summed E-state index contributed by atoms with van der Waals surface area (Å²) >= 11 is 0. The topological polar surface area (TPSA) is 52.6 Å². The van der Waals surface area contributed by atoms with Crippen molar-refractivity contribution in [3.63, 3.8) is 0 Å². The molecule has 0 amide bonds. The molecule has 0 spiro atoms. The highest BCUT2D eigenvalue weighted by Gasteiger charge is 2.41. The number of halogens is 3. The summed E-state index contributed by atoms with van der Waals surface area (Å²) in [5.74, 6) is -1.87. The molecular weight excluding hydrogens is 361 g/mol.